The van der Waals surface area contributed by atoms with Gasteiger partial charge < -0.3 is 10.1 Å². The van der Waals surface area contributed by atoms with E-state index in [2.05, 4.69) is 5.32 Å². The molecule has 148 valence electrons. The fourth-order valence-corrected chi connectivity index (χ4v) is 3.26. The quantitative estimate of drug-likeness (QED) is 0.454. The molecule has 0 saturated heterocycles. The summed E-state index contributed by atoms with van der Waals surface area (Å²) in [5.41, 5.74) is 2.03. The third-order valence-electron chi connectivity index (χ3n) is 4.75. The Labute approximate surface area is 161 Å². The van der Waals surface area contributed by atoms with Crippen molar-refractivity contribution in [1.29, 1.82) is 0 Å². The summed E-state index contributed by atoms with van der Waals surface area (Å²) in [5.74, 6) is 0.419. The topological polar surface area (TPSA) is 21.3 Å². The summed E-state index contributed by atoms with van der Waals surface area (Å²) in [5, 5.41) is 3.48. The van der Waals surface area contributed by atoms with Gasteiger partial charge in [-0.3, -0.25) is 0 Å². The molecule has 1 N–H and O–H groups in total. The Hall–Kier alpha value is -1.94. The van der Waals surface area contributed by atoms with Gasteiger partial charge in [0.25, 0.3) is 0 Å². The SMILES string of the molecule is COc1ccc(F)cc1CCCCCNCCCCCc1cccc(F)c1. The smallest absolute Gasteiger partial charge is 0.123 e. The number of benzene rings is 2. The van der Waals surface area contributed by atoms with Crippen LogP contribution in [0.2, 0.25) is 0 Å². The van der Waals surface area contributed by atoms with Crippen LogP contribution in [0.3, 0.4) is 0 Å². The minimum Gasteiger partial charge on any atom is -0.496 e. The number of aryl methyl sites for hydroxylation is 2. The van der Waals surface area contributed by atoms with Gasteiger partial charge in [0.05, 0.1) is 7.11 Å². The first-order valence-corrected chi connectivity index (χ1v) is 9.96. The van der Waals surface area contributed by atoms with E-state index in [0.717, 1.165) is 81.3 Å². The number of unbranched alkanes of at least 4 members (excludes halogenated alkanes) is 4. The first-order chi connectivity index (χ1) is 13.2. The van der Waals surface area contributed by atoms with Crippen LogP contribution in [0.4, 0.5) is 8.78 Å². The normalized spacial score (nSPS) is 10.9. The van der Waals surface area contributed by atoms with E-state index in [4.69, 9.17) is 4.74 Å². The second-order valence-corrected chi connectivity index (χ2v) is 6.96. The van der Waals surface area contributed by atoms with Gasteiger partial charge in [0.1, 0.15) is 17.4 Å². The van der Waals surface area contributed by atoms with E-state index >= 15 is 0 Å². The molecule has 0 heterocycles. The maximum atomic E-state index is 13.3. The van der Waals surface area contributed by atoms with Gasteiger partial charge in [-0.05, 0) is 93.1 Å². The fraction of sp³-hybridized carbons (Fsp3) is 0.478. The molecule has 2 rings (SSSR count). The van der Waals surface area contributed by atoms with E-state index in [-0.39, 0.29) is 11.6 Å². The lowest BCUT2D eigenvalue weighted by molar-refractivity contribution is 0.407. The van der Waals surface area contributed by atoms with Crippen LogP contribution in [0.25, 0.3) is 0 Å². The van der Waals surface area contributed by atoms with Crippen molar-refractivity contribution in [3.8, 4) is 5.75 Å². The number of hydrogen-bond donors (Lipinski definition) is 1. The molecule has 2 aromatic rings. The van der Waals surface area contributed by atoms with Crippen molar-refractivity contribution in [2.45, 2.75) is 51.4 Å². The highest BCUT2D eigenvalue weighted by atomic mass is 19.1. The average Bonchev–Trinajstić information content (AvgIpc) is 2.66. The predicted molar refractivity (Wildman–Crippen MR) is 107 cm³/mol. The van der Waals surface area contributed by atoms with E-state index in [1.165, 1.54) is 12.1 Å². The maximum Gasteiger partial charge on any atom is 0.123 e. The minimum atomic E-state index is -0.204. The van der Waals surface area contributed by atoms with Crippen molar-refractivity contribution in [2.75, 3.05) is 20.2 Å². The third-order valence-corrected chi connectivity index (χ3v) is 4.75. The molecule has 0 bridgehead atoms. The molecule has 0 fully saturated rings. The van der Waals surface area contributed by atoms with Gasteiger partial charge in [-0.25, -0.2) is 8.78 Å². The molecule has 0 aliphatic rings. The molecule has 0 aliphatic carbocycles. The van der Waals surface area contributed by atoms with Gasteiger partial charge in [0.2, 0.25) is 0 Å². The molecule has 0 aliphatic heterocycles. The van der Waals surface area contributed by atoms with Crippen molar-refractivity contribution < 1.29 is 13.5 Å². The van der Waals surface area contributed by atoms with Crippen molar-refractivity contribution in [2.24, 2.45) is 0 Å². The van der Waals surface area contributed by atoms with Gasteiger partial charge in [-0.2, -0.15) is 0 Å². The van der Waals surface area contributed by atoms with Crippen LogP contribution in [-0.2, 0) is 12.8 Å². The Morgan fingerprint density at radius 3 is 2.19 bits per heavy atom. The molecular formula is C23H31F2NO. The first kappa shape index (κ1) is 21.4. The van der Waals surface area contributed by atoms with Crippen molar-refractivity contribution >= 4 is 0 Å². The number of nitrogens with one attached hydrogen (secondary N) is 1. The standard InChI is InChI=1S/C23H31F2NO/c1-27-23-14-13-22(25)18-20(23)11-5-3-7-16-26-15-6-2-4-9-19-10-8-12-21(24)17-19/h8,10,12-14,17-18,26H,2-7,9,11,15-16H2,1H3. The molecule has 0 aromatic heterocycles. The van der Waals surface area contributed by atoms with Gasteiger partial charge in [0.15, 0.2) is 0 Å². The van der Waals surface area contributed by atoms with Crippen LogP contribution < -0.4 is 10.1 Å². The summed E-state index contributed by atoms with van der Waals surface area (Å²) in [7, 11) is 1.62. The lowest BCUT2D eigenvalue weighted by atomic mass is 10.1. The zero-order chi connectivity index (χ0) is 19.3. The molecule has 0 spiro atoms. The highest BCUT2D eigenvalue weighted by Crippen LogP contribution is 2.21. The number of hydrogen-bond acceptors (Lipinski definition) is 2. The van der Waals surface area contributed by atoms with Gasteiger partial charge in [-0.15, -0.1) is 0 Å². The summed E-state index contributed by atoms with van der Waals surface area (Å²) in [6.45, 7) is 2.05. The molecular weight excluding hydrogens is 344 g/mol. The van der Waals surface area contributed by atoms with Crippen LogP contribution in [0, 0.1) is 11.6 Å². The zero-order valence-corrected chi connectivity index (χ0v) is 16.3. The highest BCUT2D eigenvalue weighted by molar-refractivity contribution is 5.33. The Morgan fingerprint density at radius 2 is 1.48 bits per heavy atom. The molecule has 0 atom stereocenters. The summed E-state index contributed by atoms with van der Waals surface area (Å²) < 4.78 is 31.7. The van der Waals surface area contributed by atoms with E-state index < -0.39 is 0 Å². The average molecular weight is 376 g/mol. The van der Waals surface area contributed by atoms with Crippen molar-refractivity contribution in [3.05, 3.63) is 65.2 Å². The second kappa shape index (κ2) is 12.4. The van der Waals surface area contributed by atoms with E-state index in [1.54, 1.807) is 31.4 Å². The summed E-state index contributed by atoms with van der Waals surface area (Å²) in [6.07, 6.45) is 8.48. The maximum absolute atomic E-state index is 13.3. The number of methoxy groups -OCH3 is 1. The number of halogens is 2. The Balaban J connectivity index is 1.44. The molecule has 2 nitrogen and oxygen atoms in total. The third kappa shape index (κ3) is 8.53. The van der Waals surface area contributed by atoms with Gasteiger partial charge in [0, 0.05) is 0 Å². The Bertz CT molecular complexity index is 675. The van der Waals surface area contributed by atoms with Crippen LogP contribution in [0.1, 0.15) is 49.7 Å². The predicted octanol–water partition coefficient (Wildman–Crippen LogP) is 5.69. The molecule has 0 amide bonds. The van der Waals surface area contributed by atoms with Crippen molar-refractivity contribution in [3.63, 3.8) is 0 Å². The minimum absolute atomic E-state index is 0.148. The second-order valence-electron chi connectivity index (χ2n) is 6.96. The molecule has 27 heavy (non-hydrogen) atoms. The van der Waals surface area contributed by atoms with Crippen LogP contribution >= 0.6 is 0 Å². The molecule has 0 unspecified atom stereocenters. The summed E-state index contributed by atoms with van der Waals surface area (Å²) >= 11 is 0. The first-order valence-electron chi connectivity index (χ1n) is 9.96. The van der Waals surface area contributed by atoms with Crippen LogP contribution in [0.15, 0.2) is 42.5 Å². The Kier molecular flexibility index (Phi) is 9.85. The lowest BCUT2D eigenvalue weighted by Gasteiger charge is -2.09. The number of ether oxygens (including phenoxy) is 1. The zero-order valence-electron chi connectivity index (χ0n) is 16.3. The summed E-state index contributed by atoms with van der Waals surface area (Å²) in [4.78, 5) is 0. The van der Waals surface area contributed by atoms with E-state index in [1.807, 2.05) is 6.07 Å². The largest absolute Gasteiger partial charge is 0.496 e. The molecule has 0 radical (unpaired) electrons. The highest BCUT2D eigenvalue weighted by Gasteiger charge is 2.04. The fourth-order valence-electron chi connectivity index (χ4n) is 3.26. The van der Waals surface area contributed by atoms with E-state index in [0.29, 0.717) is 0 Å². The molecule has 4 heteroatoms. The van der Waals surface area contributed by atoms with Gasteiger partial charge in [-0.1, -0.05) is 25.0 Å². The Morgan fingerprint density at radius 1 is 0.778 bits per heavy atom. The monoisotopic (exact) mass is 375 g/mol. The lowest BCUT2D eigenvalue weighted by Crippen LogP contribution is -2.16. The molecule has 2 aromatic carbocycles. The number of rotatable bonds is 13. The van der Waals surface area contributed by atoms with Crippen molar-refractivity contribution in [1.82, 2.24) is 5.32 Å². The van der Waals surface area contributed by atoms with E-state index in [9.17, 15) is 8.78 Å². The van der Waals surface area contributed by atoms with Crippen LogP contribution in [0.5, 0.6) is 5.75 Å². The van der Waals surface area contributed by atoms with Gasteiger partial charge >= 0.3 is 0 Å². The molecule has 0 saturated carbocycles. The van der Waals surface area contributed by atoms with Crippen LogP contribution in [-0.4, -0.2) is 20.2 Å². The summed E-state index contributed by atoms with van der Waals surface area (Å²) in [6, 6.07) is 11.6.